The first-order chi connectivity index (χ1) is 7.45. The van der Waals surface area contributed by atoms with Gasteiger partial charge in [-0.05, 0) is 36.2 Å². The van der Waals surface area contributed by atoms with Gasteiger partial charge in [-0.15, -0.1) is 0 Å². The number of esters is 1. The highest BCUT2D eigenvalue weighted by Gasteiger charge is 2.18. The number of aliphatic hydroxyl groups excluding tert-OH is 1. The summed E-state index contributed by atoms with van der Waals surface area (Å²) in [5.41, 5.74) is 1.99. The molecule has 1 aromatic rings. The SMILES string of the molecule is C=C(C)c1cc(Cl)cc(C(O)C(=O)OC)c1. The number of benzene rings is 1. The van der Waals surface area contributed by atoms with Crippen LogP contribution in [0.5, 0.6) is 0 Å². The summed E-state index contributed by atoms with van der Waals surface area (Å²) in [5.74, 6) is -0.713. The fourth-order valence-corrected chi connectivity index (χ4v) is 1.51. The van der Waals surface area contributed by atoms with Crippen molar-refractivity contribution in [2.24, 2.45) is 0 Å². The van der Waals surface area contributed by atoms with E-state index >= 15 is 0 Å². The van der Waals surface area contributed by atoms with E-state index in [0.29, 0.717) is 10.6 Å². The molecule has 0 aliphatic carbocycles. The second-order valence-corrected chi connectivity index (χ2v) is 3.92. The lowest BCUT2D eigenvalue weighted by molar-refractivity contribution is -0.150. The Hall–Kier alpha value is -1.32. The number of halogens is 1. The first-order valence-corrected chi connectivity index (χ1v) is 5.05. The Morgan fingerprint density at radius 1 is 1.50 bits per heavy atom. The van der Waals surface area contributed by atoms with Crippen LogP contribution in [0.15, 0.2) is 24.8 Å². The summed E-state index contributed by atoms with van der Waals surface area (Å²) < 4.78 is 4.45. The van der Waals surface area contributed by atoms with Gasteiger partial charge in [-0.1, -0.05) is 23.8 Å². The number of methoxy groups -OCH3 is 1. The molecule has 1 rings (SSSR count). The van der Waals surface area contributed by atoms with Gasteiger partial charge in [-0.3, -0.25) is 0 Å². The van der Waals surface area contributed by atoms with E-state index in [1.54, 1.807) is 12.1 Å². The molecule has 0 saturated carbocycles. The van der Waals surface area contributed by atoms with Crippen LogP contribution < -0.4 is 0 Å². The maximum atomic E-state index is 11.2. The predicted molar refractivity (Wildman–Crippen MR) is 63.1 cm³/mol. The van der Waals surface area contributed by atoms with Gasteiger partial charge < -0.3 is 9.84 Å². The molecule has 0 aliphatic heterocycles. The largest absolute Gasteiger partial charge is 0.467 e. The number of hydrogen-bond acceptors (Lipinski definition) is 3. The van der Waals surface area contributed by atoms with Crippen LogP contribution in [-0.2, 0) is 9.53 Å². The van der Waals surface area contributed by atoms with Crippen LogP contribution in [0.4, 0.5) is 0 Å². The molecule has 1 N–H and O–H groups in total. The van der Waals surface area contributed by atoms with E-state index in [1.165, 1.54) is 13.2 Å². The summed E-state index contributed by atoms with van der Waals surface area (Å²) in [6.07, 6.45) is -1.32. The van der Waals surface area contributed by atoms with Gasteiger partial charge in [-0.25, -0.2) is 4.79 Å². The van der Waals surface area contributed by atoms with Crippen LogP contribution in [0.2, 0.25) is 5.02 Å². The molecule has 1 aromatic carbocycles. The number of carbonyl (C=O) groups is 1. The number of rotatable bonds is 3. The first-order valence-electron chi connectivity index (χ1n) is 4.68. The average Bonchev–Trinajstić information content (AvgIpc) is 2.26. The maximum absolute atomic E-state index is 11.2. The second-order valence-electron chi connectivity index (χ2n) is 3.48. The number of aliphatic hydroxyl groups is 1. The minimum Gasteiger partial charge on any atom is -0.467 e. The van der Waals surface area contributed by atoms with Crippen LogP contribution in [0.25, 0.3) is 5.57 Å². The Bertz CT molecular complexity index is 426. The molecule has 86 valence electrons. The Morgan fingerprint density at radius 3 is 2.62 bits per heavy atom. The summed E-state index contributed by atoms with van der Waals surface area (Å²) in [5, 5.41) is 10.1. The number of carbonyl (C=O) groups excluding carboxylic acids is 1. The van der Waals surface area contributed by atoms with Gasteiger partial charge in [0.2, 0.25) is 0 Å². The van der Waals surface area contributed by atoms with Gasteiger partial charge in [0.15, 0.2) is 6.10 Å². The van der Waals surface area contributed by atoms with Gasteiger partial charge in [0, 0.05) is 5.02 Å². The topological polar surface area (TPSA) is 46.5 Å². The van der Waals surface area contributed by atoms with E-state index in [2.05, 4.69) is 11.3 Å². The molecule has 1 unspecified atom stereocenters. The Labute approximate surface area is 99.3 Å². The van der Waals surface area contributed by atoms with Gasteiger partial charge >= 0.3 is 5.97 Å². The van der Waals surface area contributed by atoms with Crippen molar-refractivity contribution >= 4 is 23.1 Å². The zero-order chi connectivity index (χ0) is 12.3. The lowest BCUT2D eigenvalue weighted by Gasteiger charge is -2.11. The summed E-state index contributed by atoms with van der Waals surface area (Å²) in [6.45, 7) is 5.59. The molecule has 16 heavy (non-hydrogen) atoms. The smallest absolute Gasteiger partial charge is 0.339 e. The molecular weight excluding hydrogens is 228 g/mol. The van der Waals surface area contributed by atoms with Crippen molar-refractivity contribution < 1.29 is 14.6 Å². The predicted octanol–water partition coefficient (Wildman–Crippen LogP) is 2.58. The average molecular weight is 241 g/mol. The molecule has 0 heterocycles. The van der Waals surface area contributed by atoms with Crippen molar-refractivity contribution in [1.29, 1.82) is 0 Å². The zero-order valence-electron chi connectivity index (χ0n) is 9.16. The monoisotopic (exact) mass is 240 g/mol. The highest BCUT2D eigenvalue weighted by Crippen LogP contribution is 2.24. The number of ether oxygens (including phenoxy) is 1. The van der Waals surface area contributed by atoms with E-state index < -0.39 is 12.1 Å². The van der Waals surface area contributed by atoms with Crippen molar-refractivity contribution in [2.75, 3.05) is 7.11 Å². The molecule has 0 saturated heterocycles. The molecule has 3 nitrogen and oxygen atoms in total. The molecule has 0 aromatic heterocycles. The second kappa shape index (κ2) is 5.14. The molecule has 0 radical (unpaired) electrons. The van der Waals surface area contributed by atoms with E-state index in [9.17, 15) is 9.90 Å². The Balaban J connectivity index is 3.14. The zero-order valence-corrected chi connectivity index (χ0v) is 9.91. The quantitative estimate of drug-likeness (QED) is 0.826. The fourth-order valence-electron chi connectivity index (χ4n) is 1.26. The highest BCUT2D eigenvalue weighted by molar-refractivity contribution is 6.30. The third kappa shape index (κ3) is 2.84. The minimum absolute atomic E-state index is 0.400. The van der Waals surface area contributed by atoms with Crippen molar-refractivity contribution in [3.8, 4) is 0 Å². The maximum Gasteiger partial charge on any atom is 0.339 e. The lowest BCUT2D eigenvalue weighted by atomic mass is 10.0. The molecule has 0 amide bonds. The normalized spacial score (nSPS) is 12.0. The van der Waals surface area contributed by atoms with E-state index in [-0.39, 0.29) is 0 Å². The molecule has 0 fully saturated rings. The van der Waals surface area contributed by atoms with E-state index in [1.807, 2.05) is 6.92 Å². The van der Waals surface area contributed by atoms with Crippen molar-refractivity contribution in [1.82, 2.24) is 0 Å². The van der Waals surface area contributed by atoms with Crippen LogP contribution in [-0.4, -0.2) is 18.2 Å². The third-order valence-electron chi connectivity index (χ3n) is 2.15. The third-order valence-corrected chi connectivity index (χ3v) is 2.37. The van der Waals surface area contributed by atoms with Crippen LogP contribution >= 0.6 is 11.6 Å². The molecular formula is C12H13ClO3. The van der Waals surface area contributed by atoms with Gasteiger partial charge in [-0.2, -0.15) is 0 Å². The summed E-state index contributed by atoms with van der Waals surface area (Å²) >= 11 is 5.88. The molecule has 0 aliphatic rings. The van der Waals surface area contributed by atoms with Crippen molar-refractivity contribution in [3.05, 3.63) is 40.9 Å². The van der Waals surface area contributed by atoms with Gasteiger partial charge in [0.05, 0.1) is 7.11 Å². The molecule has 1 atom stereocenters. The van der Waals surface area contributed by atoms with Crippen LogP contribution in [0.1, 0.15) is 24.2 Å². The molecule has 0 bridgehead atoms. The summed E-state index contributed by atoms with van der Waals surface area (Å²) in [6, 6.07) is 4.91. The van der Waals surface area contributed by atoms with Crippen molar-refractivity contribution in [2.45, 2.75) is 13.0 Å². The highest BCUT2D eigenvalue weighted by atomic mass is 35.5. The van der Waals surface area contributed by atoms with Crippen molar-refractivity contribution in [3.63, 3.8) is 0 Å². The lowest BCUT2D eigenvalue weighted by Crippen LogP contribution is -2.13. The van der Waals surface area contributed by atoms with Crippen LogP contribution in [0.3, 0.4) is 0 Å². The number of hydrogen-bond donors (Lipinski definition) is 1. The Kier molecular flexibility index (Phi) is 4.10. The minimum atomic E-state index is -1.32. The molecule has 4 heteroatoms. The standard InChI is InChI=1S/C12H13ClO3/c1-7(2)8-4-9(6-10(13)5-8)11(14)12(15)16-3/h4-6,11,14H,1H2,2-3H3. The van der Waals surface area contributed by atoms with E-state index in [0.717, 1.165) is 11.1 Å². The summed E-state index contributed by atoms with van der Waals surface area (Å²) in [7, 11) is 1.22. The summed E-state index contributed by atoms with van der Waals surface area (Å²) in [4.78, 5) is 11.2. The first kappa shape index (κ1) is 12.7. The van der Waals surface area contributed by atoms with E-state index in [4.69, 9.17) is 11.6 Å². The molecule has 0 spiro atoms. The fraction of sp³-hybridized carbons (Fsp3) is 0.250. The van der Waals surface area contributed by atoms with Gasteiger partial charge in [0.1, 0.15) is 0 Å². The van der Waals surface area contributed by atoms with Crippen LogP contribution in [0, 0.1) is 0 Å². The number of allylic oxidation sites excluding steroid dienone is 1. The van der Waals surface area contributed by atoms with Gasteiger partial charge in [0.25, 0.3) is 0 Å². The Morgan fingerprint density at radius 2 is 2.12 bits per heavy atom.